The Bertz CT molecular complexity index is 702. The van der Waals surface area contributed by atoms with Crippen molar-refractivity contribution in [1.29, 1.82) is 0 Å². The molecule has 1 aromatic rings. The first kappa shape index (κ1) is 28.2. The van der Waals surface area contributed by atoms with Crippen molar-refractivity contribution in [3.63, 3.8) is 0 Å². The summed E-state index contributed by atoms with van der Waals surface area (Å²) in [5.41, 5.74) is 5.81. The third-order valence-corrected chi connectivity index (χ3v) is 4.72. The number of aliphatic carboxylic acids is 2. The number of rotatable bonds is 8. The van der Waals surface area contributed by atoms with Gasteiger partial charge in [0.1, 0.15) is 11.6 Å². The van der Waals surface area contributed by atoms with E-state index in [4.69, 9.17) is 26.2 Å². The smallest absolute Gasteiger partial charge is 0.335 e. The van der Waals surface area contributed by atoms with Crippen LogP contribution in [0, 0.1) is 5.92 Å². The Labute approximate surface area is 178 Å². The SMILES string of the molecule is CN[C@@H]1CCN(c2cc(NCC3CC3)nc(N)n2)C1.O.O.O=C(O)[C@H](O)[C@@H](O)C(=O)O. The van der Waals surface area contributed by atoms with Gasteiger partial charge in [-0.1, -0.05) is 0 Å². The topological polar surface area (TPSA) is 257 Å². The van der Waals surface area contributed by atoms with Crippen LogP contribution in [0.1, 0.15) is 19.3 Å². The Morgan fingerprint density at radius 1 is 1.16 bits per heavy atom. The van der Waals surface area contributed by atoms with Crippen molar-refractivity contribution in [2.75, 3.05) is 42.6 Å². The number of carboxylic acid groups (broad SMARTS) is 2. The summed E-state index contributed by atoms with van der Waals surface area (Å²) in [6, 6.07) is 2.55. The summed E-state index contributed by atoms with van der Waals surface area (Å²) >= 11 is 0. The molecule has 12 N–H and O–H groups in total. The molecule has 1 saturated carbocycles. The third-order valence-electron chi connectivity index (χ3n) is 4.72. The Balaban J connectivity index is 0.000000654. The fourth-order valence-electron chi connectivity index (χ4n) is 2.75. The van der Waals surface area contributed by atoms with Crippen molar-refractivity contribution in [2.24, 2.45) is 5.92 Å². The number of nitrogen functional groups attached to an aromatic ring is 1. The van der Waals surface area contributed by atoms with Crippen LogP contribution in [-0.4, -0.2) is 98.2 Å². The van der Waals surface area contributed by atoms with Gasteiger partial charge in [-0.25, -0.2) is 9.59 Å². The van der Waals surface area contributed by atoms with E-state index in [2.05, 4.69) is 25.5 Å². The second-order valence-electron chi connectivity index (χ2n) is 7.08. The maximum absolute atomic E-state index is 9.77. The lowest BCUT2D eigenvalue weighted by Crippen LogP contribution is -2.39. The van der Waals surface area contributed by atoms with Gasteiger partial charge in [-0.2, -0.15) is 9.97 Å². The fraction of sp³-hybridized carbons (Fsp3) is 0.647. The van der Waals surface area contributed by atoms with Crippen LogP contribution >= 0.6 is 0 Å². The largest absolute Gasteiger partial charge is 0.479 e. The van der Waals surface area contributed by atoms with E-state index in [1.165, 1.54) is 12.8 Å². The predicted octanol–water partition coefficient (Wildman–Crippen LogP) is -3.09. The van der Waals surface area contributed by atoms with Crippen molar-refractivity contribution in [2.45, 2.75) is 37.5 Å². The van der Waals surface area contributed by atoms with Crippen LogP contribution in [0.15, 0.2) is 6.07 Å². The molecule has 0 amide bonds. The number of nitrogens with one attached hydrogen (secondary N) is 2. The lowest BCUT2D eigenvalue weighted by molar-refractivity contribution is -0.165. The highest BCUT2D eigenvalue weighted by molar-refractivity contribution is 5.83. The molecule has 14 heteroatoms. The van der Waals surface area contributed by atoms with Gasteiger partial charge in [0.2, 0.25) is 5.95 Å². The molecule has 1 aliphatic heterocycles. The molecule has 3 atom stereocenters. The van der Waals surface area contributed by atoms with E-state index in [0.717, 1.165) is 43.6 Å². The monoisotopic (exact) mass is 448 g/mol. The number of hydrogen-bond acceptors (Lipinski definition) is 10. The summed E-state index contributed by atoms with van der Waals surface area (Å²) in [7, 11) is 2.01. The number of nitrogens with zero attached hydrogens (tertiary/aromatic N) is 3. The molecule has 2 fully saturated rings. The highest BCUT2D eigenvalue weighted by Crippen LogP contribution is 2.29. The number of aromatic nitrogens is 2. The summed E-state index contributed by atoms with van der Waals surface area (Å²) in [6.45, 7) is 2.99. The zero-order valence-electron chi connectivity index (χ0n) is 17.2. The number of likely N-dealkylation sites (N-methyl/N-ethyl adjacent to an activating group) is 1. The predicted molar refractivity (Wildman–Crippen MR) is 112 cm³/mol. The zero-order chi connectivity index (χ0) is 21.6. The highest BCUT2D eigenvalue weighted by Gasteiger charge is 2.29. The molecule has 0 radical (unpaired) electrons. The van der Waals surface area contributed by atoms with Gasteiger partial charge in [-0.3, -0.25) is 0 Å². The van der Waals surface area contributed by atoms with E-state index in [9.17, 15) is 9.59 Å². The fourth-order valence-corrected chi connectivity index (χ4v) is 2.75. The maximum Gasteiger partial charge on any atom is 0.335 e. The molecule has 14 nitrogen and oxygen atoms in total. The van der Waals surface area contributed by atoms with Gasteiger partial charge < -0.3 is 52.6 Å². The summed E-state index contributed by atoms with van der Waals surface area (Å²) < 4.78 is 0. The molecule has 1 saturated heterocycles. The van der Waals surface area contributed by atoms with Gasteiger partial charge in [0.15, 0.2) is 12.2 Å². The minimum atomic E-state index is -2.27. The normalized spacial score (nSPS) is 19.1. The molecule has 0 spiro atoms. The summed E-state index contributed by atoms with van der Waals surface area (Å²) in [6.07, 6.45) is -0.729. The van der Waals surface area contributed by atoms with Crippen LogP contribution in [0.5, 0.6) is 0 Å². The lowest BCUT2D eigenvalue weighted by atomic mass is 10.2. The van der Waals surface area contributed by atoms with Gasteiger partial charge in [0, 0.05) is 31.7 Å². The Morgan fingerprint density at radius 2 is 1.74 bits per heavy atom. The Hall–Kier alpha value is -2.78. The van der Waals surface area contributed by atoms with Crippen molar-refractivity contribution in [3.8, 4) is 0 Å². The average Bonchev–Trinajstić information content (AvgIpc) is 3.39. The molecule has 3 rings (SSSR count). The number of anilines is 3. The first-order valence-corrected chi connectivity index (χ1v) is 9.33. The van der Waals surface area contributed by atoms with Gasteiger partial charge in [-0.05, 0) is 32.2 Å². The molecule has 31 heavy (non-hydrogen) atoms. The second-order valence-corrected chi connectivity index (χ2v) is 7.08. The molecule has 0 bridgehead atoms. The van der Waals surface area contributed by atoms with E-state index >= 15 is 0 Å². The molecule has 0 unspecified atom stereocenters. The summed E-state index contributed by atoms with van der Waals surface area (Å²) in [4.78, 5) is 30.4. The molecule has 178 valence electrons. The van der Waals surface area contributed by atoms with Crippen LogP contribution in [0.25, 0.3) is 0 Å². The molecule has 1 aromatic heterocycles. The lowest BCUT2D eigenvalue weighted by Gasteiger charge is -2.18. The van der Waals surface area contributed by atoms with Crippen LogP contribution < -0.4 is 21.3 Å². The maximum atomic E-state index is 9.77. The van der Waals surface area contributed by atoms with E-state index < -0.39 is 24.1 Å². The van der Waals surface area contributed by atoms with Gasteiger partial charge in [0.25, 0.3) is 0 Å². The first-order valence-electron chi connectivity index (χ1n) is 9.33. The minimum Gasteiger partial charge on any atom is -0.479 e. The molecule has 2 heterocycles. The quantitative estimate of drug-likeness (QED) is 0.209. The highest BCUT2D eigenvalue weighted by atomic mass is 16.4. The van der Waals surface area contributed by atoms with Gasteiger partial charge >= 0.3 is 11.9 Å². The van der Waals surface area contributed by atoms with E-state index in [0.29, 0.717) is 12.0 Å². The van der Waals surface area contributed by atoms with Gasteiger partial charge in [-0.15, -0.1) is 0 Å². The Morgan fingerprint density at radius 3 is 2.19 bits per heavy atom. The van der Waals surface area contributed by atoms with E-state index in [-0.39, 0.29) is 11.0 Å². The zero-order valence-corrected chi connectivity index (χ0v) is 17.2. The van der Waals surface area contributed by atoms with Crippen molar-refractivity contribution in [1.82, 2.24) is 15.3 Å². The van der Waals surface area contributed by atoms with Crippen LogP contribution in [0.2, 0.25) is 0 Å². The first-order chi connectivity index (χ1) is 13.7. The molecular weight excluding hydrogens is 416 g/mol. The molecular formula is C17H32N6O8. The molecule has 1 aliphatic carbocycles. The standard InChI is InChI=1S/C13H22N6.C4H6O6.2H2O/c1-15-10-4-5-19(8-10)12-6-11(17-13(14)18-12)16-7-9-2-3-9;5-1(3(7)8)2(6)4(9)10;;/h6,9-10,15H,2-5,7-8H2,1H3,(H3,14,16,17,18);1-2,5-6H,(H,7,8)(H,9,10);2*1H2/t10-;1-,2-;;/m11../s1. The van der Waals surface area contributed by atoms with E-state index in [1.54, 1.807) is 0 Å². The number of nitrogens with two attached hydrogens (primary N) is 1. The van der Waals surface area contributed by atoms with Crippen LogP contribution in [0.3, 0.4) is 0 Å². The van der Waals surface area contributed by atoms with Crippen molar-refractivity contribution < 1.29 is 41.0 Å². The molecule has 0 aromatic carbocycles. The van der Waals surface area contributed by atoms with Crippen molar-refractivity contribution in [3.05, 3.63) is 6.07 Å². The number of carboxylic acids is 2. The van der Waals surface area contributed by atoms with Crippen molar-refractivity contribution >= 4 is 29.5 Å². The molecule has 2 aliphatic rings. The van der Waals surface area contributed by atoms with E-state index in [1.807, 2.05) is 13.1 Å². The van der Waals surface area contributed by atoms with Gasteiger partial charge in [0.05, 0.1) is 0 Å². The summed E-state index contributed by atoms with van der Waals surface area (Å²) in [5, 5.41) is 39.2. The minimum absolute atomic E-state index is 0. The van der Waals surface area contributed by atoms with Crippen LogP contribution in [-0.2, 0) is 9.59 Å². The third kappa shape index (κ3) is 8.85. The number of aliphatic hydroxyl groups is 2. The Kier molecular flexibility index (Phi) is 11.7. The number of hydrogen-bond donors (Lipinski definition) is 7. The average molecular weight is 448 g/mol. The number of carbonyl (C=O) groups is 2. The van der Waals surface area contributed by atoms with Crippen LogP contribution in [0.4, 0.5) is 17.6 Å². The second kappa shape index (κ2) is 12.8. The number of aliphatic hydroxyl groups excluding tert-OH is 2. The summed E-state index contributed by atoms with van der Waals surface area (Å²) in [5.74, 6) is -0.584.